The van der Waals surface area contributed by atoms with Gasteiger partial charge in [-0.1, -0.05) is 0 Å². The van der Waals surface area contributed by atoms with Crippen molar-refractivity contribution < 1.29 is 9.90 Å². The monoisotopic (exact) mass is 303 g/mol. The fourth-order valence-electron chi connectivity index (χ4n) is 3.39. The van der Waals surface area contributed by atoms with Crippen molar-refractivity contribution in [3.8, 4) is 5.75 Å². The normalized spacial score (nSPS) is 21.1. The summed E-state index contributed by atoms with van der Waals surface area (Å²) in [5, 5.41) is 9.37. The second-order valence-electron chi connectivity index (χ2n) is 6.25. The highest BCUT2D eigenvalue weighted by Gasteiger charge is 2.29. The third kappa shape index (κ3) is 3.19. The van der Waals surface area contributed by atoms with Crippen LogP contribution in [0.5, 0.6) is 5.75 Å². The Kier molecular flexibility index (Phi) is 4.52. The number of aromatic hydroxyl groups is 1. The number of amides is 1. The molecule has 22 heavy (non-hydrogen) atoms. The quantitative estimate of drug-likeness (QED) is 0.920. The number of rotatable bonds is 3. The number of hydrogen-bond donors (Lipinski definition) is 1. The number of nitrogens with zero attached hydrogens (tertiary/aromatic N) is 3. The molecule has 0 unspecified atom stereocenters. The van der Waals surface area contributed by atoms with Crippen molar-refractivity contribution in [2.45, 2.75) is 25.8 Å². The Morgan fingerprint density at radius 3 is 2.18 bits per heavy atom. The molecule has 0 aliphatic carbocycles. The van der Waals surface area contributed by atoms with E-state index in [1.807, 2.05) is 24.0 Å². The van der Waals surface area contributed by atoms with Gasteiger partial charge in [-0.15, -0.1) is 0 Å². The van der Waals surface area contributed by atoms with Crippen LogP contribution in [0.1, 0.15) is 19.8 Å². The topological polar surface area (TPSA) is 47.0 Å². The van der Waals surface area contributed by atoms with Crippen molar-refractivity contribution >= 4 is 11.6 Å². The number of likely N-dealkylation sites (tertiary alicyclic amines) is 1. The maximum absolute atomic E-state index is 12.5. The summed E-state index contributed by atoms with van der Waals surface area (Å²) in [6, 6.07) is 7.33. The first kappa shape index (κ1) is 15.2. The van der Waals surface area contributed by atoms with Crippen molar-refractivity contribution in [3.05, 3.63) is 24.3 Å². The maximum atomic E-state index is 12.5. The van der Waals surface area contributed by atoms with Gasteiger partial charge in [0, 0.05) is 45.0 Å². The number of phenolic OH excluding ortho intramolecular Hbond substituents is 1. The Labute approximate surface area is 132 Å². The maximum Gasteiger partial charge on any atom is 0.239 e. The molecule has 2 saturated heterocycles. The Bertz CT molecular complexity index is 503. The van der Waals surface area contributed by atoms with Gasteiger partial charge >= 0.3 is 0 Å². The molecule has 2 aliphatic rings. The Morgan fingerprint density at radius 2 is 1.59 bits per heavy atom. The van der Waals surface area contributed by atoms with E-state index in [0.717, 1.165) is 57.8 Å². The molecule has 1 amide bonds. The van der Waals surface area contributed by atoms with E-state index in [2.05, 4.69) is 9.80 Å². The highest BCUT2D eigenvalue weighted by atomic mass is 16.3. The minimum Gasteiger partial charge on any atom is -0.508 e. The van der Waals surface area contributed by atoms with Gasteiger partial charge < -0.3 is 14.9 Å². The first-order chi connectivity index (χ1) is 10.6. The number of carbonyl (C=O) groups is 1. The number of anilines is 1. The number of piperazine rings is 1. The van der Waals surface area contributed by atoms with Gasteiger partial charge in [0.05, 0.1) is 6.04 Å². The van der Waals surface area contributed by atoms with Crippen molar-refractivity contribution in [1.82, 2.24) is 9.80 Å². The molecule has 0 bridgehead atoms. The highest BCUT2D eigenvalue weighted by Crippen LogP contribution is 2.21. The summed E-state index contributed by atoms with van der Waals surface area (Å²) in [6.45, 7) is 7.54. The van der Waals surface area contributed by atoms with E-state index in [4.69, 9.17) is 0 Å². The molecule has 2 fully saturated rings. The molecule has 5 heteroatoms. The lowest BCUT2D eigenvalue weighted by Crippen LogP contribution is -2.54. The predicted octanol–water partition coefficient (Wildman–Crippen LogP) is 1.53. The van der Waals surface area contributed by atoms with Crippen molar-refractivity contribution in [2.75, 3.05) is 44.2 Å². The number of benzene rings is 1. The molecule has 2 aliphatic heterocycles. The van der Waals surface area contributed by atoms with E-state index in [0.29, 0.717) is 5.75 Å². The summed E-state index contributed by atoms with van der Waals surface area (Å²) in [6.07, 6.45) is 2.29. The van der Waals surface area contributed by atoms with E-state index >= 15 is 0 Å². The highest BCUT2D eigenvalue weighted by molar-refractivity contribution is 5.81. The third-order valence-electron chi connectivity index (χ3n) is 4.85. The lowest BCUT2D eigenvalue weighted by molar-refractivity contribution is -0.135. The fourth-order valence-corrected chi connectivity index (χ4v) is 3.39. The standard InChI is InChI=1S/C17H25N3O2/c1-14(17(22)20-8-2-3-9-20)18-10-12-19(13-11-18)15-4-6-16(21)7-5-15/h4-7,14,21H,2-3,8-13H2,1H3/t14-/m1/s1. The zero-order valence-corrected chi connectivity index (χ0v) is 13.2. The molecule has 5 nitrogen and oxygen atoms in total. The van der Waals surface area contributed by atoms with Gasteiger partial charge in [-0.2, -0.15) is 0 Å². The molecule has 0 aromatic heterocycles. The summed E-state index contributed by atoms with van der Waals surface area (Å²) in [4.78, 5) is 19.1. The van der Waals surface area contributed by atoms with E-state index in [1.54, 1.807) is 12.1 Å². The molecule has 0 radical (unpaired) electrons. The molecular weight excluding hydrogens is 278 g/mol. The van der Waals surface area contributed by atoms with E-state index in [9.17, 15) is 9.90 Å². The lowest BCUT2D eigenvalue weighted by Gasteiger charge is -2.39. The van der Waals surface area contributed by atoms with Crippen LogP contribution in [0.3, 0.4) is 0 Å². The zero-order chi connectivity index (χ0) is 15.5. The van der Waals surface area contributed by atoms with Crippen molar-refractivity contribution in [2.24, 2.45) is 0 Å². The lowest BCUT2D eigenvalue weighted by atomic mass is 10.2. The van der Waals surface area contributed by atoms with Crippen LogP contribution in [0.25, 0.3) is 0 Å². The molecule has 1 aromatic carbocycles. The SMILES string of the molecule is C[C@H](C(=O)N1CCCC1)N1CCN(c2ccc(O)cc2)CC1. The van der Waals surface area contributed by atoms with Gasteiger partial charge in [-0.3, -0.25) is 9.69 Å². The first-order valence-corrected chi connectivity index (χ1v) is 8.22. The van der Waals surface area contributed by atoms with Crippen LogP contribution in [0.2, 0.25) is 0 Å². The summed E-state index contributed by atoms with van der Waals surface area (Å²) >= 11 is 0. The average Bonchev–Trinajstić information content (AvgIpc) is 3.09. The second kappa shape index (κ2) is 6.57. The second-order valence-corrected chi connectivity index (χ2v) is 6.25. The van der Waals surface area contributed by atoms with Crippen molar-refractivity contribution in [1.29, 1.82) is 0 Å². The first-order valence-electron chi connectivity index (χ1n) is 8.22. The number of carbonyl (C=O) groups excluding carboxylic acids is 1. The largest absolute Gasteiger partial charge is 0.508 e. The third-order valence-corrected chi connectivity index (χ3v) is 4.85. The summed E-state index contributed by atoms with van der Waals surface area (Å²) in [7, 11) is 0. The number of hydrogen-bond acceptors (Lipinski definition) is 4. The van der Waals surface area contributed by atoms with Crippen LogP contribution in [0.4, 0.5) is 5.69 Å². The van der Waals surface area contributed by atoms with Gasteiger partial charge in [-0.05, 0) is 44.0 Å². The molecule has 120 valence electrons. The molecule has 1 N–H and O–H groups in total. The van der Waals surface area contributed by atoms with Crippen LogP contribution < -0.4 is 4.90 Å². The average molecular weight is 303 g/mol. The fraction of sp³-hybridized carbons (Fsp3) is 0.588. The Morgan fingerprint density at radius 1 is 1.00 bits per heavy atom. The van der Waals surface area contributed by atoms with E-state index in [-0.39, 0.29) is 11.9 Å². The molecule has 0 spiro atoms. The van der Waals surface area contributed by atoms with Gasteiger partial charge in [-0.25, -0.2) is 0 Å². The molecule has 0 saturated carbocycles. The molecular formula is C17H25N3O2. The predicted molar refractivity (Wildman–Crippen MR) is 87.2 cm³/mol. The summed E-state index contributed by atoms with van der Waals surface area (Å²) in [5.74, 6) is 0.586. The molecule has 3 rings (SSSR count). The van der Waals surface area contributed by atoms with Crippen LogP contribution in [-0.4, -0.2) is 66.1 Å². The van der Waals surface area contributed by atoms with Crippen LogP contribution >= 0.6 is 0 Å². The summed E-state index contributed by atoms with van der Waals surface area (Å²) < 4.78 is 0. The minimum atomic E-state index is -0.0138. The van der Waals surface area contributed by atoms with E-state index < -0.39 is 0 Å². The van der Waals surface area contributed by atoms with Crippen LogP contribution in [0.15, 0.2) is 24.3 Å². The van der Waals surface area contributed by atoms with Crippen LogP contribution in [-0.2, 0) is 4.79 Å². The van der Waals surface area contributed by atoms with Gasteiger partial charge in [0.2, 0.25) is 5.91 Å². The smallest absolute Gasteiger partial charge is 0.239 e. The van der Waals surface area contributed by atoms with Gasteiger partial charge in [0.25, 0.3) is 0 Å². The summed E-state index contributed by atoms with van der Waals surface area (Å²) in [5.41, 5.74) is 1.14. The molecule has 1 atom stereocenters. The van der Waals surface area contributed by atoms with Gasteiger partial charge in [0.1, 0.15) is 5.75 Å². The van der Waals surface area contributed by atoms with Crippen molar-refractivity contribution in [3.63, 3.8) is 0 Å². The Balaban J connectivity index is 1.54. The minimum absolute atomic E-state index is 0.0138. The zero-order valence-electron chi connectivity index (χ0n) is 13.2. The van der Waals surface area contributed by atoms with E-state index in [1.165, 1.54) is 0 Å². The number of phenols is 1. The Hall–Kier alpha value is -1.75. The molecule has 1 aromatic rings. The molecule has 2 heterocycles. The van der Waals surface area contributed by atoms with Crippen LogP contribution in [0, 0.1) is 0 Å². The van der Waals surface area contributed by atoms with Gasteiger partial charge in [0.15, 0.2) is 0 Å².